The Balaban J connectivity index is 1.83. The normalized spacial score (nSPS) is 18.2. The van der Waals surface area contributed by atoms with Crippen molar-refractivity contribution in [2.24, 2.45) is 11.8 Å². The van der Waals surface area contributed by atoms with Gasteiger partial charge in [-0.1, -0.05) is 71.3 Å². The molecule has 0 radical (unpaired) electrons. The first-order valence-corrected chi connectivity index (χ1v) is 8.74. The van der Waals surface area contributed by atoms with Crippen LogP contribution in [-0.2, 0) is 4.79 Å². The van der Waals surface area contributed by atoms with Crippen molar-refractivity contribution in [1.82, 2.24) is 5.16 Å². The van der Waals surface area contributed by atoms with Gasteiger partial charge < -0.3 is 9.84 Å². The van der Waals surface area contributed by atoms with Crippen LogP contribution in [0.25, 0.3) is 11.3 Å². The van der Waals surface area contributed by atoms with Gasteiger partial charge in [0.1, 0.15) is 0 Å². The molecule has 1 aromatic carbocycles. The molecule has 0 spiro atoms. The van der Waals surface area contributed by atoms with Crippen molar-refractivity contribution in [2.45, 2.75) is 20.3 Å². The van der Waals surface area contributed by atoms with E-state index in [1.165, 1.54) is 0 Å². The van der Waals surface area contributed by atoms with E-state index in [0.29, 0.717) is 17.3 Å². The molecule has 0 fully saturated rings. The second kappa shape index (κ2) is 7.18. The summed E-state index contributed by atoms with van der Waals surface area (Å²) in [4.78, 5) is 12.8. The van der Waals surface area contributed by atoms with Gasteiger partial charge in [-0.2, -0.15) is 0 Å². The van der Waals surface area contributed by atoms with E-state index in [1.807, 2.05) is 42.5 Å². The summed E-state index contributed by atoms with van der Waals surface area (Å²) in [5.41, 5.74) is 1.47. The minimum atomic E-state index is -0.0423. The Morgan fingerprint density at radius 3 is 2.75 bits per heavy atom. The van der Waals surface area contributed by atoms with E-state index in [4.69, 9.17) is 4.52 Å². The monoisotopic (exact) mass is 386 g/mol. The number of ketones is 1. The molecule has 124 valence electrons. The minimum Gasteiger partial charge on any atom is -0.354 e. The zero-order chi connectivity index (χ0) is 17.1. The maximum Gasteiger partial charge on any atom is 0.182 e. The SMILES string of the molecule is CC(C)C1CC=C(Br)C=C(Nc2cc(-c3ccccc3)on2)C1=O. The van der Waals surface area contributed by atoms with E-state index >= 15 is 0 Å². The highest BCUT2D eigenvalue weighted by Gasteiger charge is 2.27. The maximum atomic E-state index is 12.8. The highest BCUT2D eigenvalue weighted by atomic mass is 79.9. The van der Waals surface area contributed by atoms with E-state index in [2.05, 4.69) is 40.3 Å². The number of rotatable bonds is 4. The van der Waals surface area contributed by atoms with E-state index in [-0.39, 0.29) is 17.6 Å². The number of Topliss-reactive ketones (excluding diaryl/α,β-unsaturated/α-hetero) is 1. The average molecular weight is 387 g/mol. The van der Waals surface area contributed by atoms with E-state index in [1.54, 1.807) is 6.07 Å². The lowest BCUT2D eigenvalue weighted by Crippen LogP contribution is -2.24. The predicted octanol–water partition coefficient (Wildman–Crippen LogP) is 5.16. The van der Waals surface area contributed by atoms with Crippen LogP contribution in [0.2, 0.25) is 0 Å². The van der Waals surface area contributed by atoms with E-state index < -0.39 is 0 Å². The van der Waals surface area contributed by atoms with Crippen LogP contribution in [0.3, 0.4) is 0 Å². The van der Waals surface area contributed by atoms with Crippen molar-refractivity contribution in [3.05, 3.63) is 58.7 Å². The van der Waals surface area contributed by atoms with Crippen molar-refractivity contribution in [2.75, 3.05) is 5.32 Å². The second-order valence-electron chi connectivity index (χ2n) is 6.16. The number of aromatic nitrogens is 1. The van der Waals surface area contributed by atoms with Gasteiger partial charge >= 0.3 is 0 Å². The Morgan fingerprint density at radius 1 is 1.29 bits per heavy atom. The van der Waals surface area contributed by atoms with Gasteiger partial charge in [-0.15, -0.1) is 0 Å². The lowest BCUT2D eigenvalue weighted by Gasteiger charge is -2.18. The fourth-order valence-electron chi connectivity index (χ4n) is 2.70. The average Bonchev–Trinajstić information content (AvgIpc) is 2.97. The first-order valence-electron chi connectivity index (χ1n) is 7.95. The van der Waals surface area contributed by atoms with Gasteiger partial charge in [0, 0.05) is 22.0 Å². The van der Waals surface area contributed by atoms with Crippen molar-refractivity contribution >= 4 is 27.5 Å². The number of allylic oxidation sites excluding steroid dienone is 4. The first-order chi connectivity index (χ1) is 11.5. The third-order valence-electron chi connectivity index (χ3n) is 4.09. The molecule has 4 nitrogen and oxygen atoms in total. The Morgan fingerprint density at radius 2 is 2.04 bits per heavy atom. The van der Waals surface area contributed by atoms with Gasteiger partial charge in [0.2, 0.25) is 0 Å². The number of halogens is 1. The Bertz CT molecular complexity index is 791. The Kier molecular flexibility index (Phi) is 5.00. The molecule has 1 aromatic heterocycles. The molecular formula is C19H19BrN2O2. The zero-order valence-corrected chi connectivity index (χ0v) is 15.2. The lowest BCUT2D eigenvalue weighted by molar-refractivity contribution is -0.120. The molecule has 1 heterocycles. The molecule has 1 atom stereocenters. The summed E-state index contributed by atoms with van der Waals surface area (Å²) in [5, 5.41) is 7.14. The van der Waals surface area contributed by atoms with E-state index in [0.717, 1.165) is 16.5 Å². The van der Waals surface area contributed by atoms with Crippen LogP contribution in [0, 0.1) is 11.8 Å². The van der Waals surface area contributed by atoms with Crippen LogP contribution >= 0.6 is 15.9 Å². The molecule has 1 aliphatic carbocycles. The second-order valence-corrected chi connectivity index (χ2v) is 7.08. The number of nitrogens with one attached hydrogen (secondary N) is 1. The van der Waals surface area contributed by atoms with Gasteiger partial charge in [0.25, 0.3) is 0 Å². The molecule has 5 heteroatoms. The number of hydrogen-bond donors (Lipinski definition) is 1. The van der Waals surface area contributed by atoms with Gasteiger partial charge in [0.15, 0.2) is 17.4 Å². The van der Waals surface area contributed by atoms with E-state index in [9.17, 15) is 4.79 Å². The number of hydrogen-bond acceptors (Lipinski definition) is 4. The number of anilines is 1. The van der Waals surface area contributed by atoms with Crippen molar-refractivity contribution in [3.8, 4) is 11.3 Å². The fraction of sp³-hybridized carbons (Fsp3) is 0.263. The Hall–Kier alpha value is -2.14. The largest absolute Gasteiger partial charge is 0.354 e. The summed E-state index contributed by atoms with van der Waals surface area (Å²) in [7, 11) is 0. The summed E-state index contributed by atoms with van der Waals surface area (Å²) < 4.78 is 6.28. The molecule has 0 saturated carbocycles. The Labute approximate surface area is 149 Å². The molecule has 1 unspecified atom stereocenters. The van der Waals surface area contributed by atoms with Crippen LogP contribution in [-0.4, -0.2) is 10.9 Å². The summed E-state index contributed by atoms with van der Waals surface area (Å²) in [6.07, 6.45) is 4.57. The van der Waals surface area contributed by atoms with Gasteiger partial charge in [-0.25, -0.2) is 0 Å². The maximum absolute atomic E-state index is 12.8. The molecule has 1 aliphatic rings. The van der Waals surface area contributed by atoms with Crippen LogP contribution in [0.5, 0.6) is 0 Å². The molecular weight excluding hydrogens is 368 g/mol. The summed E-state index contributed by atoms with van der Waals surface area (Å²) >= 11 is 3.49. The molecule has 0 aliphatic heterocycles. The number of nitrogens with zero attached hydrogens (tertiary/aromatic N) is 1. The summed E-state index contributed by atoms with van der Waals surface area (Å²) in [6.45, 7) is 4.13. The van der Waals surface area contributed by atoms with Crippen LogP contribution in [0.1, 0.15) is 20.3 Å². The number of carbonyl (C=O) groups excluding carboxylic acids is 1. The smallest absolute Gasteiger partial charge is 0.182 e. The van der Waals surface area contributed by atoms with Gasteiger partial charge in [-0.05, 0) is 18.4 Å². The minimum absolute atomic E-state index is 0.0423. The van der Waals surface area contributed by atoms with Gasteiger partial charge in [0.05, 0.1) is 5.70 Å². The van der Waals surface area contributed by atoms with Gasteiger partial charge in [-0.3, -0.25) is 4.79 Å². The molecule has 3 rings (SSSR count). The standard InChI is InChI=1S/C19H19BrN2O2/c1-12(2)15-9-8-14(20)10-16(19(15)23)21-18-11-17(24-22-18)13-6-4-3-5-7-13/h3-8,10-12,15H,9H2,1-2H3,(H,21,22). The summed E-state index contributed by atoms with van der Waals surface area (Å²) in [5.74, 6) is 1.52. The van der Waals surface area contributed by atoms with Crippen LogP contribution in [0.4, 0.5) is 5.82 Å². The molecule has 1 N–H and O–H groups in total. The zero-order valence-electron chi connectivity index (χ0n) is 13.6. The molecule has 0 bridgehead atoms. The van der Waals surface area contributed by atoms with Crippen molar-refractivity contribution in [1.29, 1.82) is 0 Å². The van der Waals surface area contributed by atoms with Crippen LogP contribution < -0.4 is 5.32 Å². The first kappa shape index (κ1) is 16.7. The fourth-order valence-corrected chi connectivity index (χ4v) is 3.11. The van der Waals surface area contributed by atoms with Crippen molar-refractivity contribution < 1.29 is 9.32 Å². The van der Waals surface area contributed by atoms with Crippen molar-refractivity contribution in [3.63, 3.8) is 0 Å². The van der Waals surface area contributed by atoms with Crippen LogP contribution in [0.15, 0.2) is 63.3 Å². The molecule has 2 aromatic rings. The third-order valence-corrected chi connectivity index (χ3v) is 4.64. The number of benzene rings is 1. The third kappa shape index (κ3) is 3.67. The molecule has 0 amide bonds. The lowest BCUT2D eigenvalue weighted by atomic mass is 9.88. The topological polar surface area (TPSA) is 55.1 Å². The highest BCUT2D eigenvalue weighted by molar-refractivity contribution is 9.11. The predicted molar refractivity (Wildman–Crippen MR) is 98.6 cm³/mol. The summed E-state index contributed by atoms with van der Waals surface area (Å²) in [6, 6.07) is 11.5. The molecule has 0 saturated heterocycles. The highest BCUT2D eigenvalue weighted by Crippen LogP contribution is 2.29. The molecule has 24 heavy (non-hydrogen) atoms. The quantitative estimate of drug-likeness (QED) is 0.787. The number of carbonyl (C=O) groups is 1.